The first-order chi connectivity index (χ1) is 9.05. The molecule has 0 aliphatic rings. The molecule has 0 radical (unpaired) electrons. The lowest BCUT2D eigenvalue weighted by molar-refractivity contribution is 0.244. The van der Waals surface area contributed by atoms with Crippen molar-refractivity contribution in [2.45, 2.75) is 52.6 Å². The predicted octanol–water partition coefficient (Wildman–Crippen LogP) is 3.82. The Balaban J connectivity index is 2.64. The Morgan fingerprint density at radius 1 is 1.05 bits per heavy atom. The molecule has 0 aliphatic carbocycles. The highest BCUT2D eigenvalue weighted by atomic mass is 16.2. The van der Waals surface area contributed by atoms with Crippen LogP contribution in [0, 0.1) is 0 Å². The molecule has 1 aromatic rings. The zero-order valence-electron chi connectivity index (χ0n) is 13.2. The molecule has 0 saturated heterocycles. The van der Waals surface area contributed by atoms with Crippen molar-refractivity contribution in [3.05, 3.63) is 29.8 Å². The van der Waals surface area contributed by atoms with Crippen LogP contribution in [-0.2, 0) is 0 Å². The minimum atomic E-state index is -0.247. The molecule has 0 aromatic heterocycles. The van der Waals surface area contributed by atoms with Gasteiger partial charge in [-0.25, -0.2) is 4.79 Å². The van der Waals surface area contributed by atoms with Crippen molar-refractivity contribution >= 4 is 17.9 Å². The SMILES string of the molecule is CC(C)(C)N=Cc1ccc(NC(=O)NC(C)(C)C)cc1. The van der Waals surface area contributed by atoms with Crippen LogP contribution in [0.25, 0.3) is 0 Å². The molecule has 20 heavy (non-hydrogen) atoms. The molecule has 4 nitrogen and oxygen atoms in total. The summed E-state index contributed by atoms with van der Waals surface area (Å²) in [6.45, 7) is 12.0. The number of nitrogens with one attached hydrogen (secondary N) is 2. The molecule has 0 bridgehead atoms. The maximum Gasteiger partial charge on any atom is 0.319 e. The van der Waals surface area contributed by atoms with Crippen molar-refractivity contribution in [3.8, 4) is 0 Å². The third-order valence-electron chi connectivity index (χ3n) is 2.26. The first kappa shape index (κ1) is 16.2. The summed E-state index contributed by atoms with van der Waals surface area (Å²) in [5.41, 5.74) is 1.45. The van der Waals surface area contributed by atoms with Gasteiger partial charge in [0, 0.05) is 17.4 Å². The van der Waals surface area contributed by atoms with Crippen molar-refractivity contribution in [2.75, 3.05) is 5.32 Å². The fourth-order valence-corrected chi connectivity index (χ4v) is 1.42. The Labute approximate surface area is 121 Å². The minimum absolute atomic E-state index is 0.0798. The second-order valence-corrected chi connectivity index (χ2v) is 6.88. The van der Waals surface area contributed by atoms with Crippen molar-refractivity contribution < 1.29 is 4.79 Å². The summed E-state index contributed by atoms with van der Waals surface area (Å²) in [5, 5.41) is 5.65. The number of urea groups is 1. The van der Waals surface area contributed by atoms with Crippen LogP contribution in [0.1, 0.15) is 47.1 Å². The molecule has 2 N–H and O–H groups in total. The number of hydrogen-bond acceptors (Lipinski definition) is 2. The molecule has 0 aliphatic heterocycles. The zero-order chi connectivity index (χ0) is 15.4. The molecule has 0 saturated carbocycles. The maximum absolute atomic E-state index is 11.7. The zero-order valence-corrected chi connectivity index (χ0v) is 13.2. The third-order valence-corrected chi connectivity index (χ3v) is 2.26. The van der Waals surface area contributed by atoms with E-state index in [9.17, 15) is 4.79 Å². The van der Waals surface area contributed by atoms with Gasteiger partial charge in [0.05, 0.1) is 5.54 Å². The fraction of sp³-hybridized carbons (Fsp3) is 0.500. The van der Waals surface area contributed by atoms with Crippen LogP contribution in [0.4, 0.5) is 10.5 Å². The summed E-state index contributed by atoms with van der Waals surface area (Å²) in [5.74, 6) is 0. The molecule has 110 valence electrons. The maximum atomic E-state index is 11.7. The van der Waals surface area contributed by atoms with E-state index in [1.165, 1.54) is 0 Å². The van der Waals surface area contributed by atoms with Gasteiger partial charge in [0.2, 0.25) is 0 Å². The molecule has 1 rings (SSSR count). The van der Waals surface area contributed by atoms with E-state index in [-0.39, 0.29) is 17.1 Å². The van der Waals surface area contributed by atoms with Gasteiger partial charge in [-0.15, -0.1) is 0 Å². The van der Waals surface area contributed by atoms with Crippen molar-refractivity contribution in [2.24, 2.45) is 4.99 Å². The van der Waals surface area contributed by atoms with Crippen LogP contribution in [0.2, 0.25) is 0 Å². The van der Waals surface area contributed by atoms with Crippen LogP contribution in [0.15, 0.2) is 29.3 Å². The average Bonchev–Trinajstić information content (AvgIpc) is 2.24. The number of amides is 2. The number of hydrogen-bond donors (Lipinski definition) is 2. The Bertz CT molecular complexity index is 476. The highest BCUT2D eigenvalue weighted by Crippen LogP contribution is 2.11. The standard InChI is InChI=1S/C16H25N3O/c1-15(2,3)17-11-12-7-9-13(10-8-12)18-14(20)19-16(4,5)6/h7-11H,1-6H3,(H2,18,19,20). The molecule has 0 heterocycles. The molecule has 0 unspecified atom stereocenters. The van der Waals surface area contributed by atoms with Crippen LogP contribution < -0.4 is 10.6 Å². The van der Waals surface area contributed by atoms with E-state index < -0.39 is 0 Å². The highest BCUT2D eigenvalue weighted by Gasteiger charge is 2.13. The van der Waals surface area contributed by atoms with Crippen LogP contribution in [-0.4, -0.2) is 23.3 Å². The van der Waals surface area contributed by atoms with E-state index in [0.717, 1.165) is 11.3 Å². The first-order valence-electron chi connectivity index (χ1n) is 6.80. The van der Waals surface area contributed by atoms with Gasteiger partial charge in [-0.05, 0) is 59.2 Å². The van der Waals surface area contributed by atoms with Gasteiger partial charge in [-0.2, -0.15) is 0 Å². The van der Waals surface area contributed by atoms with Gasteiger partial charge >= 0.3 is 6.03 Å². The molecular formula is C16H25N3O. The van der Waals surface area contributed by atoms with E-state index in [1.807, 2.05) is 51.3 Å². The number of carbonyl (C=O) groups excluding carboxylic acids is 1. The molecule has 1 aromatic carbocycles. The number of aliphatic imine (C=N–C) groups is 1. The molecule has 0 atom stereocenters. The van der Waals surface area contributed by atoms with Gasteiger partial charge in [-0.1, -0.05) is 12.1 Å². The number of carbonyl (C=O) groups is 1. The van der Waals surface area contributed by atoms with Crippen LogP contribution in [0.5, 0.6) is 0 Å². The number of benzene rings is 1. The predicted molar refractivity (Wildman–Crippen MR) is 85.7 cm³/mol. The Morgan fingerprint density at radius 2 is 1.60 bits per heavy atom. The van der Waals surface area contributed by atoms with E-state index in [1.54, 1.807) is 0 Å². The average molecular weight is 275 g/mol. The topological polar surface area (TPSA) is 53.5 Å². The molecule has 2 amide bonds. The Kier molecular flexibility index (Phi) is 4.93. The second-order valence-electron chi connectivity index (χ2n) is 6.88. The normalized spacial score (nSPS) is 12.5. The van der Waals surface area contributed by atoms with Crippen LogP contribution in [0.3, 0.4) is 0 Å². The number of rotatable bonds is 2. The van der Waals surface area contributed by atoms with Crippen molar-refractivity contribution in [1.29, 1.82) is 0 Å². The summed E-state index contributed by atoms with van der Waals surface area (Å²) in [4.78, 5) is 16.2. The van der Waals surface area contributed by atoms with E-state index >= 15 is 0 Å². The minimum Gasteiger partial charge on any atom is -0.333 e. The Hall–Kier alpha value is -1.84. The van der Waals surface area contributed by atoms with Gasteiger partial charge < -0.3 is 10.6 Å². The molecule has 0 fully saturated rings. The number of nitrogens with zero attached hydrogens (tertiary/aromatic N) is 1. The smallest absolute Gasteiger partial charge is 0.319 e. The quantitative estimate of drug-likeness (QED) is 0.792. The summed E-state index contributed by atoms with van der Waals surface area (Å²) in [6, 6.07) is 7.40. The van der Waals surface area contributed by atoms with Crippen LogP contribution >= 0.6 is 0 Å². The summed E-state index contributed by atoms with van der Waals surface area (Å²) in [6.07, 6.45) is 1.85. The largest absolute Gasteiger partial charge is 0.333 e. The molecule has 0 spiro atoms. The monoisotopic (exact) mass is 275 g/mol. The van der Waals surface area contributed by atoms with E-state index in [4.69, 9.17) is 0 Å². The lowest BCUT2D eigenvalue weighted by Gasteiger charge is -2.20. The van der Waals surface area contributed by atoms with Gasteiger partial charge in [-0.3, -0.25) is 4.99 Å². The van der Waals surface area contributed by atoms with Crippen molar-refractivity contribution in [3.63, 3.8) is 0 Å². The highest BCUT2D eigenvalue weighted by molar-refractivity contribution is 5.90. The Morgan fingerprint density at radius 3 is 2.05 bits per heavy atom. The lowest BCUT2D eigenvalue weighted by atomic mass is 10.1. The summed E-state index contributed by atoms with van der Waals surface area (Å²) in [7, 11) is 0. The fourth-order valence-electron chi connectivity index (χ4n) is 1.42. The van der Waals surface area contributed by atoms with Gasteiger partial charge in [0.15, 0.2) is 0 Å². The van der Waals surface area contributed by atoms with Gasteiger partial charge in [0.1, 0.15) is 0 Å². The van der Waals surface area contributed by atoms with Gasteiger partial charge in [0.25, 0.3) is 0 Å². The lowest BCUT2D eigenvalue weighted by Crippen LogP contribution is -2.43. The molecular weight excluding hydrogens is 250 g/mol. The third kappa shape index (κ3) is 6.92. The first-order valence-corrected chi connectivity index (χ1v) is 6.80. The summed E-state index contributed by atoms with van der Waals surface area (Å²) < 4.78 is 0. The van der Waals surface area contributed by atoms with Crippen molar-refractivity contribution in [1.82, 2.24) is 5.32 Å². The number of anilines is 1. The second kappa shape index (κ2) is 6.07. The summed E-state index contributed by atoms with van der Waals surface area (Å²) >= 11 is 0. The molecule has 4 heteroatoms. The van der Waals surface area contributed by atoms with E-state index in [2.05, 4.69) is 36.4 Å². The van der Waals surface area contributed by atoms with E-state index in [0.29, 0.717) is 0 Å².